The number of hydrogen-bond donors (Lipinski definition) is 0. The molecule has 1 heterocycles. The quantitative estimate of drug-likeness (QED) is 0.595. The van der Waals surface area contributed by atoms with Gasteiger partial charge in [0.1, 0.15) is 0 Å². The van der Waals surface area contributed by atoms with E-state index in [-0.39, 0.29) is 0 Å². The Hall–Kier alpha value is -0.630. The van der Waals surface area contributed by atoms with Crippen LogP contribution in [0.5, 0.6) is 0 Å². The summed E-state index contributed by atoms with van der Waals surface area (Å²) in [7, 11) is 0. The summed E-state index contributed by atoms with van der Waals surface area (Å²) >= 11 is 1.64. The first-order valence-electron chi connectivity index (χ1n) is 2.71. The van der Waals surface area contributed by atoms with Crippen LogP contribution in [0.4, 0.5) is 4.39 Å². The molecule has 0 bridgehead atoms. The van der Waals surface area contributed by atoms with Crippen molar-refractivity contribution in [3.05, 3.63) is 34.8 Å². The van der Waals surface area contributed by atoms with Crippen molar-refractivity contribution >= 4 is 11.3 Å². The van der Waals surface area contributed by atoms with E-state index in [0.717, 1.165) is 0 Å². The summed E-state index contributed by atoms with van der Waals surface area (Å²) in [5.74, 6) is 0. The van der Waals surface area contributed by atoms with Crippen LogP contribution < -0.4 is 0 Å². The van der Waals surface area contributed by atoms with E-state index < -0.39 is 0 Å². The minimum atomic E-state index is 0.583. The SMILES string of the molecule is FC=CCc1cccs1. The monoisotopic (exact) mass is 142 g/mol. The fourth-order valence-corrected chi connectivity index (χ4v) is 1.27. The summed E-state index contributed by atoms with van der Waals surface area (Å²) < 4.78 is 11.4. The van der Waals surface area contributed by atoms with Gasteiger partial charge in [-0.25, -0.2) is 4.39 Å². The molecule has 0 saturated carbocycles. The average molecular weight is 142 g/mol. The Kier molecular flexibility index (Phi) is 2.46. The lowest BCUT2D eigenvalue weighted by atomic mass is 10.3. The molecule has 1 aromatic rings. The Morgan fingerprint density at radius 1 is 1.67 bits per heavy atom. The van der Waals surface area contributed by atoms with E-state index in [1.54, 1.807) is 11.3 Å². The summed E-state index contributed by atoms with van der Waals surface area (Å²) in [5, 5.41) is 1.99. The molecule has 0 unspecified atom stereocenters. The van der Waals surface area contributed by atoms with Crippen molar-refractivity contribution in [2.24, 2.45) is 0 Å². The van der Waals surface area contributed by atoms with Gasteiger partial charge in [0.05, 0.1) is 6.33 Å². The van der Waals surface area contributed by atoms with Crippen LogP contribution in [0.1, 0.15) is 4.88 Å². The number of halogens is 1. The average Bonchev–Trinajstić information content (AvgIpc) is 2.34. The van der Waals surface area contributed by atoms with Crippen LogP contribution in [0.25, 0.3) is 0 Å². The smallest absolute Gasteiger partial charge is 0.0830 e. The van der Waals surface area contributed by atoms with Gasteiger partial charge in [-0.1, -0.05) is 12.1 Å². The van der Waals surface area contributed by atoms with Gasteiger partial charge in [0.25, 0.3) is 0 Å². The van der Waals surface area contributed by atoms with Gasteiger partial charge in [-0.3, -0.25) is 0 Å². The van der Waals surface area contributed by atoms with Gasteiger partial charge >= 0.3 is 0 Å². The van der Waals surface area contributed by atoms with E-state index >= 15 is 0 Å². The van der Waals surface area contributed by atoms with Gasteiger partial charge in [0, 0.05) is 11.3 Å². The summed E-state index contributed by atoms with van der Waals surface area (Å²) in [6, 6.07) is 3.96. The summed E-state index contributed by atoms with van der Waals surface area (Å²) in [4.78, 5) is 1.20. The maximum atomic E-state index is 11.4. The van der Waals surface area contributed by atoms with E-state index in [1.807, 2.05) is 17.5 Å². The van der Waals surface area contributed by atoms with Crippen LogP contribution in [0.3, 0.4) is 0 Å². The Labute approximate surface area is 57.6 Å². The molecule has 1 rings (SSSR count). The molecule has 0 amide bonds. The highest BCUT2D eigenvalue weighted by Crippen LogP contribution is 2.08. The highest BCUT2D eigenvalue weighted by Gasteiger charge is 1.86. The zero-order chi connectivity index (χ0) is 6.53. The van der Waals surface area contributed by atoms with E-state index in [0.29, 0.717) is 12.8 Å². The molecule has 0 nitrogen and oxygen atoms in total. The minimum absolute atomic E-state index is 0.583. The molecule has 0 fully saturated rings. The van der Waals surface area contributed by atoms with E-state index in [2.05, 4.69) is 0 Å². The molecule has 0 spiro atoms. The van der Waals surface area contributed by atoms with Crippen LogP contribution in [0, 0.1) is 0 Å². The van der Waals surface area contributed by atoms with Gasteiger partial charge in [-0.15, -0.1) is 11.3 Å². The van der Waals surface area contributed by atoms with Gasteiger partial charge < -0.3 is 0 Å². The predicted octanol–water partition coefficient (Wildman–Crippen LogP) is 2.77. The van der Waals surface area contributed by atoms with Gasteiger partial charge in [-0.2, -0.15) is 0 Å². The van der Waals surface area contributed by atoms with E-state index in [9.17, 15) is 4.39 Å². The van der Waals surface area contributed by atoms with Crippen LogP contribution in [0.2, 0.25) is 0 Å². The normalized spacial score (nSPS) is 10.8. The molecule has 0 N–H and O–H groups in total. The second kappa shape index (κ2) is 3.41. The van der Waals surface area contributed by atoms with Crippen molar-refractivity contribution in [3.8, 4) is 0 Å². The van der Waals surface area contributed by atoms with Crippen LogP contribution in [-0.4, -0.2) is 0 Å². The minimum Gasteiger partial charge on any atom is -0.216 e. The van der Waals surface area contributed by atoms with Gasteiger partial charge in [-0.05, 0) is 11.4 Å². The first-order chi connectivity index (χ1) is 4.43. The van der Waals surface area contributed by atoms with E-state index in [4.69, 9.17) is 0 Å². The molecule has 0 aliphatic rings. The second-order valence-corrected chi connectivity index (χ2v) is 2.68. The van der Waals surface area contributed by atoms with Crippen LogP contribution in [0.15, 0.2) is 29.9 Å². The van der Waals surface area contributed by atoms with Gasteiger partial charge in [0.15, 0.2) is 0 Å². The Morgan fingerprint density at radius 2 is 2.56 bits per heavy atom. The molecule has 0 radical (unpaired) electrons. The largest absolute Gasteiger partial charge is 0.216 e. The molecule has 1 aromatic heterocycles. The molecule has 0 aliphatic carbocycles. The van der Waals surface area contributed by atoms with Crippen LogP contribution >= 0.6 is 11.3 Å². The third-order valence-electron chi connectivity index (χ3n) is 0.988. The highest BCUT2D eigenvalue weighted by atomic mass is 32.1. The molecule has 0 atom stereocenters. The highest BCUT2D eigenvalue weighted by molar-refractivity contribution is 7.09. The Balaban J connectivity index is 2.48. The topological polar surface area (TPSA) is 0 Å². The molecule has 9 heavy (non-hydrogen) atoms. The van der Waals surface area contributed by atoms with Crippen molar-refractivity contribution in [1.29, 1.82) is 0 Å². The Bertz CT molecular complexity index is 177. The molecular weight excluding hydrogens is 135 g/mol. The number of rotatable bonds is 2. The molecule has 48 valence electrons. The second-order valence-electron chi connectivity index (χ2n) is 1.65. The summed E-state index contributed by atoms with van der Waals surface area (Å²) in [5.41, 5.74) is 0. The molecule has 2 heteroatoms. The summed E-state index contributed by atoms with van der Waals surface area (Å²) in [6.45, 7) is 0. The predicted molar refractivity (Wildman–Crippen MR) is 38.3 cm³/mol. The van der Waals surface area contributed by atoms with Crippen molar-refractivity contribution in [2.45, 2.75) is 6.42 Å². The lowest BCUT2D eigenvalue weighted by Gasteiger charge is -1.82. The van der Waals surface area contributed by atoms with Crippen LogP contribution in [-0.2, 0) is 6.42 Å². The van der Waals surface area contributed by atoms with Crippen molar-refractivity contribution in [1.82, 2.24) is 0 Å². The lowest BCUT2D eigenvalue weighted by molar-refractivity contribution is 0.717. The maximum absolute atomic E-state index is 11.4. The van der Waals surface area contributed by atoms with E-state index in [1.165, 1.54) is 11.0 Å². The number of hydrogen-bond acceptors (Lipinski definition) is 1. The molecular formula is C7H7FS. The van der Waals surface area contributed by atoms with Gasteiger partial charge in [0.2, 0.25) is 0 Å². The standard InChI is InChI=1S/C7H7FS/c8-5-1-3-7-4-2-6-9-7/h1-2,4-6H,3H2. The molecule has 0 aliphatic heterocycles. The Morgan fingerprint density at radius 3 is 3.11 bits per heavy atom. The zero-order valence-corrected chi connectivity index (χ0v) is 5.70. The third kappa shape index (κ3) is 1.98. The van der Waals surface area contributed by atoms with Crippen molar-refractivity contribution in [2.75, 3.05) is 0 Å². The first-order valence-corrected chi connectivity index (χ1v) is 3.59. The fourth-order valence-electron chi connectivity index (χ4n) is 0.589. The lowest BCUT2D eigenvalue weighted by Crippen LogP contribution is -1.68. The number of allylic oxidation sites excluding steroid dienone is 1. The van der Waals surface area contributed by atoms with Crippen molar-refractivity contribution < 1.29 is 4.39 Å². The third-order valence-corrected chi connectivity index (χ3v) is 1.89. The number of thiophene rings is 1. The molecule has 0 aromatic carbocycles. The fraction of sp³-hybridized carbons (Fsp3) is 0.143. The zero-order valence-electron chi connectivity index (χ0n) is 4.88. The maximum Gasteiger partial charge on any atom is 0.0830 e. The first kappa shape index (κ1) is 6.49. The van der Waals surface area contributed by atoms with Crippen molar-refractivity contribution in [3.63, 3.8) is 0 Å². The molecule has 0 saturated heterocycles. The summed E-state index contributed by atoms with van der Waals surface area (Å²) in [6.07, 6.45) is 2.81.